The second-order valence-corrected chi connectivity index (χ2v) is 9.45. The van der Waals surface area contributed by atoms with Crippen molar-refractivity contribution in [1.82, 2.24) is 19.4 Å². The Morgan fingerprint density at radius 1 is 1.05 bits per heavy atom. The first-order valence-corrected chi connectivity index (χ1v) is 12.0. The van der Waals surface area contributed by atoms with Crippen LogP contribution in [-0.4, -0.2) is 56.5 Å². The van der Waals surface area contributed by atoms with E-state index in [1.54, 1.807) is 4.57 Å². The van der Waals surface area contributed by atoms with Crippen molar-refractivity contribution in [2.75, 3.05) is 13.1 Å². The van der Waals surface area contributed by atoms with Gasteiger partial charge in [0.2, 0.25) is 5.91 Å². The summed E-state index contributed by atoms with van der Waals surface area (Å²) in [6, 6.07) is 7.72. The molecule has 2 aromatic carbocycles. The molecular formula is C26H25F4N5O2. The number of nitrogens with zero attached hydrogens (tertiary/aromatic N) is 4. The number of halogens is 4. The number of alkyl halides is 1. The van der Waals surface area contributed by atoms with Gasteiger partial charge in [0.15, 0.2) is 17.3 Å². The summed E-state index contributed by atoms with van der Waals surface area (Å²) in [6.45, 7) is 0.571. The van der Waals surface area contributed by atoms with E-state index in [4.69, 9.17) is 5.73 Å². The van der Waals surface area contributed by atoms with E-state index in [-0.39, 0.29) is 56.1 Å². The zero-order valence-electron chi connectivity index (χ0n) is 19.8. The maximum absolute atomic E-state index is 14.1. The molecule has 2 atom stereocenters. The smallest absolute Gasteiger partial charge is 0.274 e. The molecule has 2 aliphatic heterocycles. The number of nitrogens with two attached hydrogens (primary N) is 1. The number of hydrogen-bond donors (Lipinski definition) is 1. The molecule has 0 saturated carbocycles. The number of benzene rings is 2. The minimum Gasteiger partial charge on any atom is -0.334 e. The molecule has 3 aromatic rings. The van der Waals surface area contributed by atoms with Crippen molar-refractivity contribution in [2.45, 2.75) is 44.6 Å². The van der Waals surface area contributed by atoms with Crippen molar-refractivity contribution in [1.29, 1.82) is 0 Å². The van der Waals surface area contributed by atoms with Crippen molar-refractivity contribution in [3.63, 3.8) is 0 Å². The Hall–Kier alpha value is -3.73. The molecule has 7 nitrogen and oxygen atoms in total. The molecule has 2 amide bonds. The average Bonchev–Trinajstić information content (AvgIpc) is 3.44. The molecule has 1 saturated heterocycles. The predicted octanol–water partition coefficient (Wildman–Crippen LogP) is 3.28. The number of carbonyl (C=O) groups excluding carboxylic acids is 2. The molecule has 37 heavy (non-hydrogen) atoms. The third-order valence-electron chi connectivity index (χ3n) is 6.80. The summed E-state index contributed by atoms with van der Waals surface area (Å²) >= 11 is 0. The van der Waals surface area contributed by atoms with E-state index in [0.29, 0.717) is 18.3 Å². The number of amides is 2. The Morgan fingerprint density at radius 3 is 2.57 bits per heavy atom. The molecule has 3 heterocycles. The van der Waals surface area contributed by atoms with E-state index in [0.717, 1.165) is 17.3 Å². The fraction of sp³-hybridized carbons (Fsp3) is 0.346. The highest BCUT2D eigenvalue weighted by atomic mass is 19.2. The summed E-state index contributed by atoms with van der Waals surface area (Å²) in [5, 5.41) is 0. The quantitative estimate of drug-likeness (QED) is 0.418. The van der Waals surface area contributed by atoms with E-state index in [1.807, 2.05) is 24.3 Å². The lowest BCUT2D eigenvalue weighted by Gasteiger charge is -2.23. The fourth-order valence-corrected chi connectivity index (χ4v) is 4.89. The maximum Gasteiger partial charge on any atom is 0.274 e. The van der Waals surface area contributed by atoms with Gasteiger partial charge in [-0.05, 0) is 36.1 Å². The van der Waals surface area contributed by atoms with Gasteiger partial charge in [0.05, 0.1) is 24.5 Å². The Bertz CT molecular complexity index is 1360. The topological polar surface area (TPSA) is 84.5 Å². The molecule has 0 bridgehead atoms. The number of imidazole rings is 1. The molecule has 5 rings (SSSR count). The Labute approximate surface area is 210 Å². The van der Waals surface area contributed by atoms with Crippen LogP contribution in [0.15, 0.2) is 42.7 Å². The zero-order valence-corrected chi connectivity index (χ0v) is 19.8. The highest BCUT2D eigenvalue weighted by Gasteiger charge is 2.33. The monoisotopic (exact) mass is 515 g/mol. The van der Waals surface area contributed by atoms with Gasteiger partial charge >= 0.3 is 0 Å². The third kappa shape index (κ3) is 4.95. The van der Waals surface area contributed by atoms with Crippen LogP contribution in [-0.2, 0) is 24.3 Å². The van der Waals surface area contributed by atoms with Crippen LogP contribution in [0.5, 0.6) is 0 Å². The number of likely N-dealkylation sites (tertiary alicyclic amines) is 1. The van der Waals surface area contributed by atoms with E-state index in [9.17, 15) is 27.2 Å². The summed E-state index contributed by atoms with van der Waals surface area (Å²) in [7, 11) is 0. The minimum atomic E-state index is -1.30. The van der Waals surface area contributed by atoms with Gasteiger partial charge in [-0.3, -0.25) is 9.59 Å². The first-order chi connectivity index (χ1) is 17.7. The molecule has 1 aromatic heterocycles. The summed E-state index contributed by atoms with van der Waals surface area (Å²) in [5.41, 5.74) is 8.20. The molecule has 0 spiro atoms. The lowest BCUT2D eigenvalue weighted by molar-refractivity contribution is -0.132. The maximum atomic E-state index is 14.1. The van der Waals surface area contributed by atoms with Gasteiger partial charge in [-0.1, -0.05) is 18.2 Å². The fourth-order valence-electron chi connectivity index (χ4n) is 4.89. The molecule has 2 N–H and O–H groups in total. The third-order valence-corrected chi connectivity index (χ3v) is 6.80. The summed E-state index contributed by atoms with van der Waals surface area (Å²) < 4.78 is 56.4. The number of aromatic nitrogens is 2. The number of para-hydroxylation sites is 1. The van der Waals surface area contributed by atoms with Gasteiger partial charge in [-0.2, -0.15) is 0 Å². The molecule has 0 radical (unpaired) electrons. The largest absolute Gasteiger partial charge is 0.334 e. The van der Waals surface area contributed by atoms with E-state index in [1.165, 1.54) is 16.1 Å². The second kappa shape index (κ2) is 9.97. The Morgan fingerprint density at radius 2 is 1.81 bits per heavy atom. The van der Waals surface area contributed by atoms with Gasteiger partial charge in [0.25, 0.3) is 5.91 Å². The highest BCUT2D eigenvalue weighted by Crippen LogP contribution is 2.28. The van der Waals surface area contributed by atoms with Crippen LogP contribution < -0.4 is 5.73 Å². The molecule has 0 aliphatic carbocycles. The van der Waals surface area contributed by atoms with Crippen molar-refractivity contribution < 1.29 is 27.2 Å². The highest BCUT2D eigenvalue weighted by molar-refractivity contribution is 5.94. The lowest BCUT2D eigenvalue weighted by Crippen LogP contribution is -2.36. The van der Waals surface area contributed by atoms with Crippen molar-refractivity contribution in [3.8, 4) is 5.69 Å². The average molecular weight is 516 g/mol. The van der Waals surface area contributed by atoms with Gasteiger partial charge < -0.3 is 20.1 Å². The van der Waals surface area contributed by atoms with Crippen molar-refractivity contribution in [3.05, 3.63) is 82.7 Å². The molecule has 1 unspecified atom stereocenters. The standard InChI is InChI=1S/C26H25F4N5O2/c27-17-5-6-33(12-17)26(37)25-23-13-34(11-15-3-1-2-4-22(15)35(23)14-32-25)24(36)9-18(31)7-16-8-20(29)21(30)10-19(16)28/h1-4,8,10,14,17-18H,5-7,9,11-13,31H2/t17?,18-/m1/s1. The summed E-state index contributed by atoms with van der Waals surface area (Å²) in [5.74, 6) is -4.18. The first-order valence-electron chi connectivity index (χ1n) is 12.0. The SMILES string of the molecule is N[C@@H](CC(=O)N1Cc2ccccc2-n2cnc(C(=O)N3CCC(F)C3)c2C1)Cc1cc(F)c(F)cc1F. The normalized spacial score (nSPS) is 17.8. The molecule has 2 aliphatic rings. The van der Waals surface area contributed by atoms with Crippen LogP contribution in [0.25, 0.3) is 5.69 Å². The van der Waals surface area contributed by atoms with E-state index < -0.39 is 35.6 Å². The van der Waals surface area contributed by atoms with Crippen LogP contribution >= 0.6 is 0 Å². The van der Waals surface area contributed by atoms with Crippen LogP contribution in [0.2, 0.25) is 0 Å². The molecular weight excluding hydrogens is 490 g/mol. The minimum absolute atomic E-state index is 0.000240. The molecule has 11 heteroatoms. The van der Waals surface area contributed by atoms with Crippen LogP contribution in [0.4, 0.5) is 17.6 Å². The van der Waals surface area contributed by atoms with Gasteiger partial charge in [-0.25, -0.2) is 22.5 Å². The second-order valence-electron chi connectivity index (χ2n) is 9.45. The zero-order chi connectivity index (χ0) is 26.3. The number of carbonyl (C=O) groups is 2. The van der Waals surface area contributed by atoms with E-state index in [2.05, 4.69) is 4.98 Å². The van der Waals surface area contributed by atoms with Crippen LogP contribution in [0.3, 0.4) is 0 Å². The Kier molecular flexibility index (Phi) is 6.72. The Balaban J connectivity index is 1.39. The van der Waals surface area contributed by atoms with Gasteiger partial charge in [-0.15, -0.1) is 0 Å². The summed E-state index contributed by atoms with van der Waals surface area (Å²) in [4.78, 5) is 33.8. The van der Waals surface area contributed by atoms with Crippen LogP contribution in [0.1, 0.15) is 40.2 Å². The summed E-state index contributed by atoms with van der Waals surface area (Å²) in [6.07, 6.45) is 0.361. The number of rotatable bonds is 5. The van der Waals surface area contributed by atoms with Gasteiger partial charge in [0, 0.05) is 31.6 Å². The first kappa shape index (κ1) is 24.9. The van der Waals surface area contributed by atoms with Gasteiger partial charge in [0.1, 0.15) is 18.3 Å². The van der Waals surface area contributed by atoms with E-state index >= 15 is 0 Å². The number of fused-ring (bicyclic) bond motifs is 3. The molecule has 1 fully saturated rings. The van der Waals surface area contributed by atoms with Crippen molar-refractivity contribution >= 4 is 11.8 Å². The lowest BCUT2D eigenvalue weighted by atomic mass is 10.0. The van der Waals surface area contributed by atoms with Crippen molar-refractivity contribution in [2.24, 2.45) is 5.73 Å². The number of hydrogen-bond acceptors (Lipinski definition) is 4. The predicted molar refractivity (Wildman–Crippen MR) is 126 cm³/mol. The molecule has 194 valence electrons. The van der Waals surface area contributed by atoms with Crippen LogP contribution in [0, 0.1) is 17.5 Å².